The molecule has 0 unspecified atom stereocenters. The van der Waals surface area contributed by atoms with E-state index in [0.29, 0.717) is 21.2 Å². The molecule has 17 heavy (non-hydrogen) atoms. The molecule has 0 amide bonds. The monoisotopic (exact) mass is 319 g/mol. The maximum Gasteiger partial charge on any atom is 0.404 e. The number of hydrogen-bond acceptors (Lipinski definition) is 8. The summed E-state index contributed by atoms with van der Waals surface area (Å²) in [5.41, 5.74) is 2.37. The zero-order valence-electron chi connectivity index (χ0n) is 8.20. The Balaban J connectivity index is 2.18. The first-order valence-corrected chi connectivity index (χ1v) is 5.87. The van der Waals surface area contributed by atoms with Crippen LogP contribution in [-0.4, -0.2) is 24.9 Å². The summed E-state index contributed by atoms with van der Waals surface area (Å²) in [6, 6.07) is 0. The van der Waals surface area contributed by atoms with E-state index in [9.17, 15) is 10.1 Å². The minimum absolute atomic E-state index is 0.230. The van der Waals surface area contributed by atoms with Gasteiger partial charge in [0.15, 0.2) is 0 Å². The number of halogens is 1. The maximum atomic E-state index is 10.6. The molecule has 0 aliphatic heterocycles. The van der Waals surface area contributed by atoms with E-state index in [0.717, 1.165) is 0 Å². The van der Waals surface area contributed by atoms with Crippen molar-refractivity contribution < 1.29 is 4.92 Å². The molecule has 2 aromatic heterocycles. The number of nitro groups is 1. The van der Waals surface area contributed by atoms with E-state index in [4.69, 9.17) is 5.84 Å². The van der Waals surface area contributed by atoms with Crippen LogP contribution in [0.15, 0.2) is 10.7 Å². The highest BCUT2D eigenvalue weighted by molar-refractivity contribution is 9.10. The van der Waals surface area contributed by atoms with Gasteiger partial charge in [0.05, 0.1) is 11.3 Å². The second-order valence-corrected chi connectivity index (χ2v) is 4.82. The van der Waals surface area contributed by atoms with Crippen molar-refractivity contribution in [1.82, 2.24) is 20.0 Å². The number of nitrogens with one attached hydrogen (secondary N) is 1. The van der Waals surface area contributed by atoms with E-state index in [2.05, 4.69) is 36.7 Å². The van der Waals surface area contributed by atoms with Crippen LogP contribution < -0.4 is 11.3 Å². The minimum Gasteiger partial charge on any atom is -0.358 e. The second-order valence-electron chi connectivity index (χ2n) is 2.90. The van der Waals surface area contributed by atoms with Crippen molar-refractivity contribution in [1.29, 1.82) is 0 Å². The minimum atomic E-state index is -0.562. The van der Waals surface area contributed by atoms with E-state index in [1.807, 2.05) is 0 Å². The van der Waals surface area contributed by atoms with Crippen LogP contribution in [0.3, 0.4) is 0 Å². The molecule has 0 spiro atoms. The van der Waals surface area contributed by atoms with Gasteiger partial charge in [0.2, 0.25) is 5.13 Å². The molecular formula is C6H6BrN7O2S. The number of hydrogen-bond donors (Lipinski definition) is 2. The lowest BCUT2D eigenvalue weighted by atomic mass is 10.6. The van der Waals surface area contributed by atoms with Gasteiger partial charge in [-0.25, -0.2) is 5.84 Å². The molecule has 0 atom stereocenters. The summed E-state index contributed by atoms with van der Waals surface area (Å²) in [5.74, 6) is 4.93. The molecule has 90 valence electrons. The van der Waals surface area contributed by atoms with Crippen molar-refractivity contribution in [2.75, 3.05) is 5.43 Å². The lowest BCUT2D eigenvalue weighted by Crippen LogP contribution is -2.05. The van der Waals surface area contributed by atoms with Crippen molar-refractivity contribution in [3.63, 3.8) is 0 Å². The van der Waals surface area contributed by atoms with Crippen molar-refractivity contribution in [2.45, 2.75) is 6.54 Å². The number of anilines is 1. The summed E-state index contributed by atoms with van der Waals surface area (Å²) < 4.78 is 1.73. The van der Waals surface area contributed by atoms with Crippen LogP contribution in [0.2, 0.25) is 0 Å². The molecule has 0 aliphatic carbocycles. The average molecular weight is 320 g/mol. The van der Waals surface area contributed by atoms with E-state index >= 15 is 0 Å². The molecule has 0 aromatic carbocycles. The van der Waals surface area contributed by atoms with Crippen LogP contribution in [0.5, 0.6) is 0 Å². The number of rotatable bonds is 4. The Morgan fingerprint density at radius 2 is 2.41 bits per heavy atom. The normalized spacial score (nSPS) is 10.5. The first-order chi connectivity index (χ1) is 8.10. The molecule has 0 saturated heterocycles. The summed E-state index contributed by atoms with van der Waals surface area (Å²) in [6.45, 7) is 0.297. The van der Waals surface area contributed by atoms with Gasteiger partial charge in [-0.05, 0) is 20.9 Å². The first kappa shape index (κ1) is 11.9. The van der Waals surface area contributed by atoms with Gasteiger partial charge in [0.1, 0.15) is 16.0 Å². The molecule has 3 N–H and O–H groups in total. The van der Waals surface area contributed by atoms with Crippen LogP contribution >= 0.6 is 27.3 Å². The van der Waals surface area contributed by atoms with Crippen LogP contribution in [0.4, 0.5) is 10.9 Å². The third-order valence-electron chi connectivity index (χ3n) is 1.76. The largest absolute Gasteiger partial charge is 0.404 e. The fourth-order valence-electron chi connectivity index (χ4n) is 1.11. The lowest BCUT2D eigenvalue weighted by molar-refractivity contribution is -0.390. The van der Waals surface area contributed by atoms with Gasteiger partial charge in [0, 0.05) is 0 Å². The molecule has 0 radical (unpaired) electrons. The highest BCUT2D eigenvalue weighted by Gasteiger charge is 2.19. The molecule has 0 saturated carbocycles. The standard InChI is InChI=1S/C6H6BrN7O2S/c7-3-1-13(12-5(3)14(15)16)2-4-10-11-6(9-8)17-4/h1H,2,8H2,(H,9,11). The van der Waals surface area contributed by atoms with E-state index < -0.39 is 4.92 Å². The molecule has 9 nitrogen and oxygen atoms in total. The fraction of sp³-hybridized carbons (Fsp3) is 0.167. The number of hydrazine groups is 1. The summed E-state index contributed by atoms with van der Waals surface area (Å²) >= 11 is 4.31. The van der Waals surface area contributed by atoms with Gasteiger partial charge in [-0.1, -0.05) is 11.3 Å². The number of aromatic nitrogens is 4. The summed E-state index contributed by atoms with van der Waals surface area (Å²) in [5, 5.41) is 23.1. The van der Waals surface area contributed by atoms with Gasteiger partial charge in [0.25, 0.3) is 0 Å². The van der Waals surface area contributed by atoms with Gasteiger partial charge in [-0.15, -0.1) is 10.2 Å². The fourth-order valence-corrected chi connectivity index (χ4v) is 2.21. The molecule has 0 bridgehead atoms. The predicted octanol–water partition coefficient (Wildman–Crippen LogP) is 0.739. The molecular weight excluding hydrogens is 314 g/mol. The highest BCUT2D eigenvalue weighted by atomic mass is 79.9. The van der Waals surface area contributed by atoms with Crippen LogP contribution in [0, 0.1) is 10.1 Å². The molecule has 0 fully saturated rings. The third-order valence-corrected chi connectivity index (χ3v) is 3.16. The van der Waals surface area contributed by atoms with Crippen molar-refractivity contribution >= 4 is 38.2 Å². The van der Waals surface area contributed by atoms with E-state index in [1.54, 1.807) is 0 Å². The SMILES string of the molecule is NNc1nnc(Cn2cc(Br)c([N+](=O)[O-])n2)s1. The van der Waals surface area contributed by atoms with Crippen LogP contribution in [0.25, 0.3) is 0 Å². The molecule has 11 heteroatoms. The first-order valence-electron chi connectivity index (χ1n) is 4.26. The van der Waals surface area contributed by atoms with Gasteiger partial charge in [-0.3, -0.25) is 5.43 Å². The second kappa shape index (κ2) is 4.73. The Morgan fingerprint density at radius 3 is 2.94 bits per heavy atom. The summed E-state index contributed by atoms with van der Waals surface area (Å²) in [4.78, 5) is 10.0. The number of nitrogen functional groups attached to an aromatic ring is 1. The molecule has 0 aliphatic rings. The number of nitrogens with two attached hydrogens (primary N) is 1. The highest BCUT2D eigenvalue weighted by Crippen LogP contribution is 2.23. The Morgan fingerprint density at radius 1 is 1.65 bits per heavy atom. The third kappa shape index (κ3) is 2.57. The predicted molar refractivity (Wildman–Crippen MR) is 63.4 cm³/mol. The summed E-state index contributed by atoms with van der Waals surface area (Å²) in [6.07, 6.45) is 1.51. The molecule has 2 heterocycles. The van der Waals surface area contributed by atoms with E-state index in [-0.39, 0.29) is 5.82 Å². The van der Waals surface area contributed by atoms with Gasteiger partial charge < -0.3 is 10.1 Å². The topological polar surface area (TPSA) is 125 Å². The quantitative estimate of drug-likeness (QED) is 0.483. The lowest BCUT2D eigenvalue weighted by Gasteiger charge is -1.89. The zero-order chi connectivity index (χ0) is 12.4. The maximum absolute atomic E-state index is 10.6. The number of nitrogens with zero attached hydrogens (tertiary/aromatic N) is 5. The summed E-state index contributed by atoms with van der Waals surface area (Å²) in [7, 11) is 0. The van der Waals surface area contributed by atoms with E-state index in [1.165, 1.54) is 22.2 Å². The zero-order valence-corrected chi connectivity index (χ0v) is 10.6. The van der Waals surface area contributed by atoms with Crippen LogP contribution in [0.1, 0.15) is 5.01 Å². The van der Waals surface area contributed by atoms with Crippen LogP contribution in [-0.2, 0) is 6.54 Å². The molecule has 2 rings (SSSR count). The Bertz CT molecular complexity index is 552. The van der Waals surface area contributed by atoms with Crippen molar-refractivity contribution in [3.05, 3.63) is 25.8 Å². The average Bonchev–Trinajstić information content (AvgIpc) is 2.85. The van der Waals surface area contributed by atoms with Gasteiger partial charge >= 0.3 is 5.82 Å². The Hall–Kier alpha value is -1.59. The van der Waals surface area contributed by atoms with Crippen molar-refractivity contribution in [2.24, 2.45) is 5.84 Å². The Kier molecular flexibility index (Phi) is 3.31. The van der Waals surface area contributed by atoms with Crippen molar-refractivity contribution in [3.8, 4) is 0 Å². The Labute approximate surface area is 107 Å². The molecule has 2 aromatic rings. The van der Waals surface area contributed by atoms with Gasteiger partial charge in [-0.2, -0.15) is 4.68 Å². The smallest absolute Gasteiger partial charge is 0.358 e.